The van der Waals surface area contributed by atoms with E-state index in [1.54, 1.807) is 23.7 Å². The molecule has 30 heavy (non-hydrogen) atoms. The normalized spacial score (nSPS) is 16.3. The molecule has 6 heteroatoms. The zero-order chi connectivity index (χ0) is 20.8. The Balaban J connectivity index is 1.38. The Morgan fingerprint density at radius 1 is 1.20 bits per heavy atom. The fourth-order valence-corrected chi connectivity index (χ4v) is 4.69. The molecule has 0 bridgehead atoms. The Kier molecular flexibility index (Phi) is 6.87. The van der Waals surface area contributed by atoms with Gasteiger partial charge < -0.3 is 14.5 Å². The lowest BCUT2D eigenvalue weighted by atomic mass is 9.97. The summed E-state index contributed by atoms with van der Waals surface area (Å²) in [6, 6.07) is 15.8. The predicted octanol–water partition coefficient (Wildman–Crippen LogP) is 5.12. The first-order valence-electron chi connectivity index (χ1n) is 10.5. The van der Waals surface area contributed by atoms with Crippen LogP contribution in [0.3, 0.4) is 0 Å². The molecule has 158 valence electrons. The number of hydrogen-bond donors (Lipinski definition) is 1. The second-order valence-corrected chi connectivity index (χ2v) is 8.82. The second kappa shape index (κ2) is 9.96. The lowest BCUT2D eigenvalue weighted by Crippen LogP contribution is -2.41. The number of carbonyl (C=O) groups is 1. The minimum absolute atomic E-state index is 0.195. The summed E-state index contributed by atoms with van der Waals surface area (Å²) in [5.41, 5.74) is 0.746. The van der Waals surface area contributed by atoms with Crippen LogP contribution in [-0.2, 0) is 6.61 Å². The molecule has 1 N–H and O–H groups in total. The average Bonchev–Trinajstić information content (AvgIpc) is 3.46. The molecule has 0 saturated carbocycles. The Hall–Kier alpha value is -2.57. The summed E-state index contributed by atoms with van der Waals surface area (Å²) in [4.78, 5) is 16.7. The molecule has 4 rings (SSSR count). The minimum atomic E-state index is -0.196. The number of para-hydroxylation sites is 1. The van der Waals surface area contributed by atoms with Crippen LogP contribution in [0.2, 0.25) is 0 Å². The third-order valence-electron chi connectivity index (χ3n) is 5.68. The van der Waals surface area contributed by atoms with Crippen LogP contribution >= 0.6 is 11.3 Å². The van der Waals surface area contributed by atoms with Crippen molar-refractivity contribution in [3.63, 3.8) is 0 Å². The van der Waals surface area contributed by atoms with Gasteiger partial charge in [-0.15, -0.1) is 11.3 Å². The SMILES string of the molecule is CC1CCN(C(CNC(=O)c2occc2COc2ccccc2)c2cccs2)CC1. The number of piperidine rings is 1. The van der Waals surface area contributed by atoms with Crippen molar-refractivity contribution >= 4 is 17.2 Å². The number of benzene rings is 1. The van der Waals surface area contributed by atoms with Gasteiger partial charge in [0.1, 0.15) is 12.4 Å². The fraction of sp³-hybridized carbons (Fsp3) is 0.375. The third kappa shape index (κ3) is 5.12. The van der Waals surface area contributed by atoms with Crippen molar-refractivity contribution in [1.82, 2.24) is 10.2 Å². The van der Waals surface area contributed by atoms with Gasteiger partial charge in [-0.2, -0.15) is 0 Å². The molecular weight excluding hydrogens is 396 g/mol. The molecule has 1 saturated heterocycles. The van der Waals surface area contributed by atoms with Crippen LogP contribution in [0.25, 0.3) is 0 Å². The number of amides is 1. The maximum absolute atomic E-state index is 12.9. The van der Waals surface area contributed by atoms with Gasteiger partial charge in [-0.25, -0.2) is 0 Å². The predicted molar refractivity (Wildman–Crippen MR) is 119 cm³/mol. The maximum atomic E-state index is 12.9. The van der Waals surface area contributed by atoms with Crippen molar-refractivity contribution in [3.8, 4) is 5.75 Å². The summed E-state index contributed by atoms with van der Waals surface area (Å²) in [5.74, 6) is 1.67. The number of ether oxygens (including phenoxy) is 1. The van der Waals surface area contributed by atoms with Crippen LogP contribution in [0, 0.1) is 5.92 Å². The monoisotopic (exact) mass is 424 g/mol. The second-order valence-electron chi connectivity index (χ2n) is 7.84. The topological polar surface area (TPSA) is 54.7 Å². The molecule has 1 amide bonds. The highest BCUT2D eigenvalue weighted by Crippen LogP contribution is 2.29. The molecule has 1 aliphatic rings. The molecule has 1 atom stereocenters. The van der Waals surface area contributed by atoms with E-state index < -0.39 is 0 Å². The largest absolute Gasteiger partial charge is 0.489 e. The molecule has 1 aliphatic heterocycles. The maximum Gasteiger partial charge on any atom is 0.287 e. The average molecular weight is 425 g/mol. The third-order valence-corrected chi connectivity index (χ3v) is 6.65. The van der Waals surface area contributed by atoms with Gasteiger partial charge in [0.15, 0.2) is 5.76 Å². The summed E-state index contributed by atoms with van der Waals surface area (Å²) >= 11 is 1.75. The van der Waals surface area contributed by atoms with Crippen LogP contribution < -0.4 is 10.1 Å². The Morgan fingerprint density at radius 2 is 2.00 bits per heavy atom. The summed E-state index contributed by atoms with van der Waals surface area (Å²) in [6.07, 6.45) is 3.95. The number of nitrogens with one attached hydrogen (secondary N) is 1. The molecule has 3 aromatic rings. The van der Waals surface area contributed by atoms with Crippen molar-refractivity contribution in [2.24, 2.45) is 5.92 Å². The fourth-order valence-electron chi connectivity index (χ4n) is 3.83. The van der Waals surface area contributed by atoms with Crippen LogP contribution in [0.1, 0.15) is 46.8 Å². The van der Waals surface area contributed by atoms with Crippen LogP contribution in [0.4, 0.5) is 0 Å². The van der Waals surface area contributed by atoms with Gasteiger partial charge in [0.05, 0.1) is 12.3 Å². The van der Waals surface area contributed by atoms with E-state index in [9.17, 15) is 4.79 Å². The Labute approximate surface area is 181 Å². The molecule has 2 aromatic heterocycles. The standard InChI is InChI=1S/C24H28N2O3S/c1-18-9-12-26(13-10-18)21(22-8-5-15-30-22)16-25-24(27)23-19(11-14-28-23)17-29-20-6-3-2-4-7-20/h2-8,11,14-15,18,21H,9-10,12-13,16-17H2,1H3,(H,25,27). The number of hydrogen-bond acceptors (Lipinski definition) is 5. The number of likely N-dealkylation sites (tertiary alicyclic amines) is 1. The number of furan rings is 1. The summed E-state index contributed by atoms with van der Waals surface area (Å²) in [6.45, 7) is 5.30. The molecule has 3 heterocycles. The van der Waals surface area contributed by atoms with Gasteiger partial charge in [-0.3, -0.25) is 9.69 Å². The molecule has 5 nitrogen and oxygen atoms in total. The van der Waals surface area contributed by atoms with E-state index in [4.69, 9.17) is 9.15 Å². The Morgan fingerprint density at radius 3 is 2.73 bits per heavy atom. The highest BCUT2D eigenvalue weighted by atomic mass is 32.1. The van der Waals surface area contributed by atoms with Gasteiger partial charge in [0.25, 0.3) is 5.91 Å². The molecule has 1 aromatic carbocycles. The number of carbonyl (C=O) groups excluding carboxylic acids is 1. The van der Waals surface area contributed by atoms with E-state index in [1.165, 1.54) is 17.7 Å². The molecule has 1 fully saturated rings. The van der Waals surface area contributed by atoms with Crippen LogP contribution in [0.15, 0.2) is 64.6 Å². The van der Waals surface area contributed by atoms with Gasteiger partial charge in [-0.05, 0) is 61.5 Å². The Bertz CT molecular complexity index is 915. The van der Waals surface area contributed by atoms with Crippen LogP contribution in [0.5, 0.6) is 5.75 Å². The highest BCUT2D eigenvalue weighted by Gasteiger charge is 2.26. The first kappa shape index (κ1) is 20.7. The minimum Gasteiger partial charge on any atom is -0.489 e. The van der Waals surface area contributed by atoms with Crippen molar-refractivity contribution in [3.05, 3.63) is 76.4 Å². The van der Waals surface area contributed by atoms with Crippen molar-refractivity contribution < 1.29 is 13.9 Å². The first-order chi connectivity index (χ1) is 14.7. The molecule has 0 aliphatic carbocycles. The van der Waals surface area contributed by atoms with E-state index in [2.05, 4.69) is 34.7 Å². The highest BCUT2D eigenvalue weighted by molar-refractivity contribution is 7.10. The lowest BCUT2D eigenvalue weighted by molar-refractivity contribution is 0.0885. The van der Waals surface area contributed by atoms with Gasteiger partial charge in [0.2, 0.25) is 0 Å². The van der Waals surface area contributed by atoms with Gasteiger partial charge in [0, 0.05) is 17.0 Å². The summed E-state index contributed by atoms with van der Waals surface area (Å²) in [7, 11) is 0. The zero-order valence-electron chi connectivity index (χ0n) is 17.3. The van der Waals surface area contributed by atoms with Gasteiger partial charge in [-0.1, -0.05) is 31.2 Å². The van der Waals surface area contributed by atoms with Crippen LogP contribution in [-0.4, -0.2) is 30.4 Å². The van der Waals surface area contributed by atoms with Crippen molar-refractivity contribution in [1.29, 1.82) is 0 Å². The number of thiophene rings is 1. The van der Waals surface area contributed by atoms with E-state index >= 15 is 0 Å². The summed E-state index contributed by atoms with van der Waals surface area (Å²) in [5, 5.41) is 5.20. The zero-order valence-corrected chi connectivity index (χ0v) is 18.1. The molecule has 0 spiro atoms. The van der Waals surface area contributed by atoms with Gasteiger partial charge >= 0.3 is 0 Å². The first-order valence-corrected chi connectivity index (χ1v) is 11.4. The molecule has 1 unspecified atom stereocenters. The smallest absolute Gasteiger partial charge is 0.287 e. The number of rotatable bonds is 8. The number of nitrogens with zero attached hydrogens (tertiary/aromatic N) is 1. The quantitative estimate of drug-likeness (QED) is 0.545. The lowest BCUT2D eigenvalue weighted by Gasteiger charge is -2.36. The van der Waals surface area contributed by atoms with E-state index in [0.717, 1.165) is 30.3 Å². The van der Waals surface area contributed by atoms with E-state index in [0.29, 0.717) is 18.9 Å². The van der Waals surface area contributed by atoms with E-state index in [1.807, 2.05) is 30.3 Å². The van der Waals surface area contributed by atoms with Crippen molar-refractivity contribution in [2.75, 3.05) is 19.6 Å². The molecule has 0 radical (unpaired) electrons. The van der Waals surface area contributed by atoms with E-state index in [-0.39, 0.29) is 11.9 Å². The van der Waals surface area contributed by atoms with Crippen molar-refractivity contribution in [2.45, 2.75) is 32.4 Å². The molecular formula is C24H28N2O3S. The summed E-state index contributed by atoms with van der Waals surface area (Å²) < 4.78 is 11.3.